The van der Waals surface area contributed by atoms with Gasteiger partial charge in [-0.15, -0.1) is 0 Å². The predicted molar refractivity (Wildman–Crippen MR) is 77.3 cm³/mol. The van der Waals surface area contributed by atoms with E-state index in [9.17, 15) is 0 Å². The van der Waals surface area contributed by atoms with Gasteiger partial charge in [-0.25, -0.2) is 9.97 Å². The second-order valence-electron chi connectivity index (χ2n) is 6.02. The molecule has 104 valence electrons. The van der Waals surface area contributed by atoms with Crippen LogP contribution in [0.5, 0.6) is 0 Å². The summed E-state index contributed by atoms with van der Waals surface area (Å²) < 4.78 is 0. The summed E-state index contributed by atoms with van der Waals surface area (Å²) in [6, 6.07) is 0.552. The standard InChI is InChI=1S/C15H24N4/c1-11-7-12(8-16)9-19(11)15-13-5-3-2-4-6-14(13)17-10-18-15/h10-12H,2-9,16H2,1H3. The van der Waals surface area contributed by atoms with Crippen molar-refractivity contribution in [3.8, 4) is 0 Å². The molecule has 2 heterocycles. The zero-order valence-corrected chi connectivity index (χ0v) is 11.8. The molecule has 0 aromatic carbocycles. The number of hydrogen-bond donors (Lipinski definition) is 1. The van der Waals surface area contributed by atoms with Crippen molar-refractivity contribution in [2.45, 2.75) is 51.5 Å². The number of aromatic nitrogens is 2. The van der Waals surface area contributed by atoms with Crippen LogP contribution >= 0.6 is 0 Å². The van der Waals surface area contributed by atoms with Gasteiger partial charge in [0.2, 0.25) is 0 Å². The number of aryl methyl sites for hydroxylation is 1. The van der Waals surface area contributed by atoms with E-state index in [-0.39, 0.29) is 0 Å². The Bertz CT molecular complexity index is 446. The maximum Gasteiger partial charge on any atom is 0.135 e. The lowest BCUT2D eigenvalue weighted by Gasteiger charge is -2.25. The highest BCUT2D eigenvalue weighted by molar-refractivity contribution is 5.51. The molecule has 1 aromatic heterocycles. The van der Waals surface area contributed by atoms with Crippen molar-refractivity contribution in [1.82, 2.24) is 9.97 Å². The molecule has 4 heteroatoms. The van der Waals surface area contributed by atoms with Crippen LogP contribution in [0.25, 0.3) is 0 Å². The lowest BCUT2D eigenvalue weighted by molar-refractivity contribution is 0.579. The summed E-state index contributed by atoms with van der Waals surface area (Å²) >= 11 is 0. The second-order valence-corrected chi connectivity index (χ2v) is 6.02. The average molecular weight is 260 g/mol. The van der Waals surface area contributed by atoms with E-state index in [1.54, 1.807) is 6.33 Å². The molecule has 0 spiro atoms. The summed E-state index contributed by atoms with van der Waals surface area (Å²) in [5.74, 6) is 1.81. The Morgan fingerprint density at radius 3 is 2.89 bits per heavy atom. The van der Waals surface area contributed by atoms with Gasteiger partial charge in [-0.05, 0) is 51.5 Å². The zero-order valence-electron chi connectivity index (χ0n) is 11.8. The number of nitrogens with zero attached hydrogens (tertiary/aromatic N) is 3. The highest BCUT2D eigenvalue weighted by Gasteiger charge is 2.31. The summed E-state index contributed by atoms with van der Waals surface area (Å²) in [4.78, 5) is 11.6. The molecule has 2 aliphatic rings. The molecule has 0 bridgehead atoms. The van der Waals surface area contributed by atoms with Gasteiger partial charge in [-0.1, -0.05) is 6.42 Å². The number of anilines is 1. The molecule has 1 fully saturated rings. The SMILES string of the molecule is CC1CC(CN)CN1c1ncnc2c1CCCCC2. The van der Waals surface area contributed by atoms with Gasteiger partial charge in [0.25, 0.3) is 0 Å². The Hall–Kier alpha value is -1.16. The van der Waals surface area contributed by atoms with Gasteiger partial charge in [0, 0.05) is 23.8 Å². The van der Waals surface area contributed by atoms with Gasteiger partial charge in [-0.3, -0.25) is 0 Å². The maximum absolute atomic E-state index is 5.84. The molecule has 19 heavy (non-hydrogen) atoms. The van der Waals surface area contributed by atoms with Crippen LogP contribution < -0.4 is 10.6 Å². The van der Waals surface area contributed by atoms with Gasteiger partial charge < -0.3 is 10.6 Å². The maximum atomic E-state index is 5.84. The molecule has 1 aliphatic carbocycles. The van der Waals surface area contributed by atoms with Crippen LogP contribution in [0.15, 0.2) is 6.33 Å². The summed E-state index contributed by atoms with van der Waals surface area (Å²) in [6.45, 7) is 4.14. The van der Waals surface area contributed by atoms with Crippen LogP contribution in [-0.2, 0) is 12.8 Å². The quantitative estimate of drug-likeness (QED) is 0.825. The summed E-state index contributed by atoms with van der Waals surface area (Å²) in [5, 5.41) is 0. The molecule has 0 saturated carbocycles. The molecule has 4 nitrogen and oxygen atoms in total. The van der Waals surface area contributed by atoms with Crippen molar-refractivity contribution in [2.75, 3.05) is 18.0 Å². The second kappa shape index (κ2) is 5.45. The molecule has 3 rings (SSSR count). The predicted octanol–water partition coefficient (Wildman–Crippen LogP) is 1.92. The molecule has 2 N–H and O–H groups in total. The minimum absolute atomic E-state index is 0.552. The third-order valence-electron chi connectivity index (χ3n) is 4.62. The normalized spacial score (nSPS) is 27.2. The topological polar surface area (TPSA) is 55.0 Å². The first-order valence-corrected chi connectivity index (χ1v) is 7.59. The van der Waals surface area contributed by atoms with E-state index >= 15 is 0 Å². The van der Waals surface area contributed by atoms with Gasteiger partial charge in [0.15, 0.2) is 0 Å². The number of rotatable bonds is 2. The van der Waals surface area contributed by atoms with E-state index in [1.165, 1.54) is 42.8 Å². The first-order chi connectivity index (χ1) is 9.29. The zero-order chi connectivity index (χ0) is 13.2. The molecule has 2 atom stereocenters. The van der Waals surface area contributed by atoms with Gasteiger partial charge >= 0.3 is 0 Å². The van der Waals surface area contributed by atoms with Crippen LogP contribution in [0.4, 0.5) is 5.82 Å². The summed E-state index contributed by atoms with van der Waals surface area (Å²) in [5.41, 5.74) is 8.53. The summed E-state index contributed by atoms with van der Waals surface area (Å²) in [6.07, 6.45) is 9.06. The Balaban J connectivity index is 1.92. The van der Waals surface area contributed by atoms with E-state index in [1.807, 2.05) is 0 Å². The molecule has 1 aliphatic heterocycles. The van der Waals surface area contributed by atoms with Crippen LogP contribution in [0, 0.1) is 5.92 Å². The molecule has 0 radical (unpaired) electrons. The van der Waals surface area contributed by atoms with Crippen molar-refractivity contribution >= 4 is 5.82 Å². The van der Waals surface area contributed by atoms with E-state index < -0.39 is 0 Å². The smallest absolute Gasteiger partial charge is 0.135 e. The fourth-order valence-corrected chi connectivity index (χ4v) is 3.54. The van der Waals surface area contributed by atoms with Crippen LogP contribution in [0.2, 0.25) is 0 Å². The first-order valence-electron chi connectivity index (χ1n) is 7.59. The monoisotopic (exact) mass is 260 g/mol. The third-order valence-corrected chi connectivity index (χ3v) is 4.62. The minimum Gasteiger partial charge on any atom is -0.353 e. The molecule has 1 saturated heterocycles. The van der Waals surface area contributed by atoms with Gasteiger partial charge in [0.1, 0.15) is 12.1 Å². The molecule has 0 amide bonds. The van der Waals surface area contributed by atoms with E-state index in [2.05, 4.69) is 21.8 Å². The highest BCUT2D eigenvalue weighted by atomic mass is 15.2. The van der Waals surface area contributed by atoms with Crippen molar-refractivity contribution in [2.24, 2.45) is 11.7 Å². The van der Waals surface area contributed by atoms with E-state index in [0.717, 1.165) is 25.9 Å². The lowest BCUT2D eigenvalue weighted by atomic mass is 10.1. The van der Waals surface area contributed by atoms with Gasteiger partial charge in [0.05, 0.1) is 0 Å². The van der Waals surface area contributed by atoms with Gasteiger partial charge in [-0.2, -0.15) is 0 Å². The number of nitrogens with two attached hydrogens (primary N) is 1. The summed E-state index contributed by atoms with van der Waals surface area (Å²) in [7, 11) is 0. The van der Waals surface area contributed by atoms with Crippen LogP contribution in [-0.4, -0.2) is 29.1 Å². The Morgan fingerprint density at radius 2 is 2.11 bits per heavy atom. The highest BCUT2D eigenvalue weighted by Crippen LogP contribution is 2.32. The van der Waals surface area contributed by atoms with Crippen molar-refractivity contribution in [3.05, 3.63) is 17.6 Å². The van der Waals surface area contributed by atoms with E-state index in [0.29, 0.717) is 12.0 Å². The number of fused-ring (bicyclic) bond motifs is 1. The largest absolute Gasteiger partial charge is 0.353 e. The fraction of sp³-hybridized carbons (Fsp3) is 0.733. The number of hydrogen-bond acceptors (Lipinski definition) is 4. The van der Waals surface area contributed by atoms with Crippen LogP contribution in [0.1, 0.15) is 43.9 Å². The first kappa shape index (κ1) is 12.9. The van der Waals surface area contributed by atoms with E-state index in [4.69, 9.17) is 5.73 Å². The fourth-order valence-electron chi connectivity index (χ4n) is 3.54. The third kappa shape index (κ3) is 2.46. The van der Waals surface area contributed by atoms with Crippen LogP contribution in [0.3, 0.4) is 0 Å². The molecular formula is C15H24N4. The Labute approximate surface area is 115 Å². The average Bonchev–Trinajstić information content (AvgIpc) is 2.65. The van der Waals surface area contributed by atoms with Crippen molar-refractivity contribution in [1.29, 1.82) is 0 Å². The Kier molecular flexibility index (Phi) is 3.69. The molecule has 1 aromatic rings. The molecule has 2 unspecified atom stereocenters. The van der Waals surface area contributed by atoms with Crippen molar-refractivity contribution < 1.29 is 0 Å². The lowest BCUT2D eigenvalue weighted by Crippen LogP contribution is -2.30. The Morgan fingerprint density at radius 1 is 1.26 bits per heavy atom. The van der Waals surface area contributed by atoms with Crippen molar-refractivity contribution in [3.63, 3.8) is 0 Å². The molecular weight excluding hydrogens is 236 g/mol. The minimum atomic E-state index is 0.552.